The maximum Gasteiger partial charge on any atom is 0.490 e. The molecule has 14 heavy (non-hydrogen) atoms. The Morgan fingerprint density at radius 1 is 1.36 bits per heavy atom. The Labute approximate surface area is 78.6 Å². The van der Waals surface area contributed by atoms with Crippen LogP contribution in [0.5, 0.6) is 0 Å². The van der Waals surface area contributed by atoms with Gasteiger partial charge in [-0.05, 0) is 24.9 Å². The quantitative estimate of drug-likeness (QED) is 0.675. The summed E-state index contributed by atoms with van der Waals surface area (Å²) in [4.78, 5) is 10.4. The third-order valence-electron chi connectivity index (χ3n) is 2.91. The van der Waals surface area contributed by atoms with Crippen LogP contribution in [0.1, 0.15) is 0 Å². The molecule has 1 saturated carbocycles. The summed E-state index contributed by atoms with van der Waals surface area (Å²) in [7, 11) is 0. The molecule has 0 spiro atoms. The number of hydrogen-bond acceptors (Lipinski definition) is 3. The van der Waals surface area contributed by atoms with Crippen LogP contribution < -0.4 is 5.32 Å². The number of alkyl halides is 3. The molecular formula is C8H10F3NO2. The van der Waals surface area contributed by atoms with Crippen molar-refractivity contribution in [3.63, 3.8) is 0 Å². The summed E-state index contributed by atoms with van der Waals surface area (Å²) in [5.74, 6) is -1.11. The highest BCUT2D eigenvalue weighted by Crippen LogP contribution is 2.48. The fraction of sp³-hybridized carbons (Fsp3) is 0.875. The molecule has 0 aromatic rings. The van der Waals surface area contributed by atoms with Gasteiger partial charge in [0.05, 0.1) is 6.61 Å². The average molecular weight is 209 g/mol. The Morgan fingerprint density at radius 2 is 1.93 bits per heavy atom. The molecule has 6 heteroatoms. The standard InChI is InChI=1S/C8H10F3NO2/c9-8(10,11)7(13)14-3-6-4-1-12-2-5(4)6/h4-6,12H,1-3H2/t4-,5+,6-. The molecule has 80 valence electrons. The second kappa shape index (κ2) is 3.12. The minimum absolute atomic E-state index is 0.0879. The van der Waals surface area contributed by atoms with E-state index in [4.69, 9.17) is 0 Å². The summed E-state index contributed by atoms with van der Waals surface area (Å²) in [5, 5.41) is 3.11. The molecule has 2 rings (SSSR count). The number of halogens is 3. The molecule has 0 radical (unpaired) electrons. The molecule has 3 atom stereocenters. The molecule has 1 saturated heterocycles. The van der Waals surface area contributed by atoms with Gasteiger partial charge in [0.1, 0.15) is 0 Å². The first-order chi connectivity index (χ1) is 6.50. The number of fused-ring (bicyclic) bond motifs is 1. The molecule has 0 aromatic carbocycles. The predicted molar refractivity (Wildman–Crippen MR) is 40.4 cm³/mol. The highest BCUT2D eigenvalue weighted by molar-refractivity contribution is 5.75. The van der Waals surface area contributed by atoms with Crippen LogP contribution in [-0.4, -0.2) is 31.8 Å². The Bertz CT molecular complexity index is 243. The number of nitrogens with one attached hydrogen (secondary N) is 1. The van der Waals surface area contributed by atoms with Crippen LogP contribution in [0.2, 0.25) is 0 Å². The number of esters is 1. The highest BCUT2D eigenvalue weighted by atomic mass is 19.4. The van der Waals surface area contributed by atoms with E-state index >= 15 is 0 Å². The fourth-order valence-corrected chi connectivity index (χ4v) is 2.05. The van der Waals surface area contributed by atoms with Crippen molar-refractivity contribution in [3.8, 4) is 0 Å². The molecule has 0 unspecified atom stereocenters. The van der Waals surface area contributed by atoms with Crippen LogP contribution in [-0.2, 0) is 9.53 Å². The van der Waals surface area contributed by atoms with E-state index in [1.807, 2.05) is 0 Å². The molecule has 1 aliphatic carbocycles. The van der Waals surface area contributed by atoms with Gasteiger partial charge in [0.15, 0.2) is 0 Å². The summed E-state index contributed by atoms with van der Waals surface area (Å²) in [6.07, 6.45) is -4.86. The van der Waals surface area contributed by atoms with E-state index in [9.17, 15) is 18.0 Å². The molecule has 1 N–H and O–H groups in total. The average Bonchev–Trinajstić information content (AvgIpc) is 2.56. The van der Waals surface area contributed by atoms with Gasteiger partial charge < -0.3 is 10.1 Å². The number of hydrogen-bond donors (Lipinski definition) is 1. The largest absolute Gasteiger partial charge is 0.490 e. The zero-order chi connectivity index (χ0) is 10.3. The first-order valence-electron chi connectivity index (χ1n) is 4.45. The Kier molecular flexibility index (Phi) is 2.17. The Morgan fingerprint density at radius 3 is 2.43 bits per heavy atom. The lowest BCUT2D eigenvalue weighted by molar-refractivity contribution is -0.200. The topological polar surface area (TPSA) is 38.3 Å². The van der Waals surface area contributed by atoms with Gasteiger partial charge in [0.2, 0.25) is 0 Å². The minimum Gasteiger partial charge on any atom is -0.459 e. The van der Waals surface area contributed by atoms with Crippen molar-refractivity contribution in [1.82, 2.24) is 5.32 Å². The summed E-state index contributed by atoms with van der Waals surface area (Å²) in [6, 6.07) is 0. The fourth-order valence-electron chi connectivity index (χ4n) is 2.05. The monoisotopic (exact) mass is 209 g/mol. The van der Waals surface area contributed by atoms with Gasteiger partial charge >= 0.3 is 12.1 Å². The summed E-state index contributed by atoms with van der Waals surface area (Å²) < 4.78 is 39.3. The van der Waals surface area contributed by atoms with Gasteiger partial charge in [-0.15, -0.1) is 0 Å². The van der Waals surface area contributed by atoms with Crippen molar-refractivity contribution in [2.24, 2.45) is 17.8 Å². The normalized spacial score (nSPS) is 35.2. The third-order valence-corrected chi connectivity index (χ3v) is 2.91. The van der Waals surface area contributed by atoms with Crippen molar-refractivity contribution in [1.29, 1.82) is 0 Å². The van der Waals surface area contributed by atoms with Gasteiger partial charge in [-0.2, -0.15) is 13.2 Å². The lowest BCUT2D eigenvalue weighted by Gasteiger charge is -2.08. The smallest absolute Gasteiger partial charge is 0.459 e. The molecular weight excluding hydrogens is 199 g/mol. The second-order valence-corrected chi connectivity index (χ2v) is 3.75. The highest BCUT2D eigenvalue weighted by Gasteiger charge is 2.54. The van der Waals surface area contributed by atoms with Gasteiger partial charge in [-0.1, -0.05) is 0 Å². The first kappa shape index (κ1) is 9.76. The molecule has 0 amide bonds. The molecule has 2 fully saturated rings. The van der Waals surface area contributed by atoms with Crippen LogP contribution >= 0.6 is 0 Å². The van der Waals surface area contributed by atoms with Crippen LogP contribution in [0.15, 0.2) is 0 Å². The lowest BCUT2D eigenvalue weighted by Crippen LogP contribution is -2.27. The van der Waals surface area contributed by atoms with Crippen molar-refractivity contribution >= 4 is 5.97 Å². The molecule has 2 aliphatic rings. The summed E-state index contributed by atoms with van der Waals surface area (Å²) >= 11 is 0. The van der Waals surface area contributed by atoms with Gasteiger partial charge in [0.25, 0.3) is 0 Å². The number of carbonyl (C=O) groups is 1. The summed E-state index contributed by atoms with van der Waals surface area (Å²) in [6.45, 7) is 1.58. The molecule has 1 aliphatic heterocycles. The van der Waals surface area contributed by atoms with Crippen molar-refractivity contribution in [3.05, 3.63) is 0 Å². The molecule has 1 heterocycles. The zero-order valence-electron chi connectivity index (χ0n) is 7.30. The SMILES string of the molecule is O=C(OC[C@@H]1[C@@H]2CNC[C@@H]21)C(F)(F)F. The molecule has 0 aromatic heterocycles. The summed E-state index contributed by atoms with van der Waals surface area (Å²) in [5.41, 5.74) is 0. The Balaban J connectivity index is 1.72. The maximum absolute atomic E-state index is 11.7. The van der Waals surface area contributed by atoms with E-state index < -0.39 is 12.1 Å². The molecule has 0 bridgehead atoms. The number of ether oxygens (including phenoxy) is 1. The van der Waals surface area contributed by atoms with E-state index in [0.717, 1.165) is 13.1 Å². The van der Waals surface area contributed by atoms with E-state index in [1.54, 1.807) is 0 Å². The van der Waals surface area contributed by atoms with Crippen molar-refractivity contribution < 1.29 is 22.7 Å². The minimum atomic E-state index is -4.86. The second-order valence-electron chi connectivity index (χ2n) is 3.75. The Hall–Kier alpha value is -0.780. The van der Waals surface area contributed by atoms with Crippen LogP contribution in [0.25, 0.3) is 0 Å². The van der Waals surface area contributed by atoms with Gasteiger partial charge in [0, 0.05) is 5.92 Å². The van der Waals surface area contributed by atoms with Gasteiger partial charge in [-0.3, -0.25) is 0 Å². The van der Waals surface area contributed by atoms with E-state index in [-0.39, 0.29) is 12.5 Å². The van der Waals surface area contributed by atoms with E-state index in [2.05, 4.69) is 10.1 Å². The zero-order valence-corrected chi connectivity index (χ0v) is 7.30. The van der Waals surface area contributed by atoms with Crippen LogP contribution in [0.3, 0.4) is 0 Å². The third kappa shape index (κ3) is 1.70. The number of rotatable bonds is 2. The van der Waals surface area contributed by atoms with E-state index in [1.165, 1.54) is 0 Å². The van der Waals surface area contributed by atoms with Crippen LogP contribution in [0, 0.1) is 17.8 Å². The van der Waals surface area contributed by atoms with Crippen LogP contribution in [0.4, 0.5) is 13.2 Å². The first-order valence-corrected chi connectivity index (χ1v) is 4.45. The van der Waals surface area contributed by atoms with E-state index in [0.29, 0.717) is 11.8 Å². The number of carbonyl (C=O) groups excluding carboxylic acids is 1. The van der Waals surface area contributed by atoms with Gasteiger partial charge in [-0.25, -0.2) is 4.79 Å². The maximum atomic E-state index is 11.7. The number of piperidine rings is 1. The van der Waals surface area contributed by atoms with Crippen molar-refractivity contribution in [2.45, 2.75) is 6.18 Å². The lowest BCUT2D eigenvalue weighted by atomic mass is 10.3. The molecule has 3 nitrogen and oxygen atoms in total. The predicted octanol–water partition coefficient (Wildman–Crippen LogP) is 0.557. The van der Waals surface area contributed by atoms with Crippen molar-refractivity contribution in [2.75, 3.05) is 19.7 Å².